The normalized spacial score (nSPS) is 11.0. The lowest BCUT2D eigenvalue weighted by Crippen LogP contribution is -2.15. The second-order valence-corrected chi connectivity index (χ2v) is 5.53. The van der Waals surface area contributed by atoms with E-state index in [9.17, 15) is 9.18 Å². The van der Waals surface area contributed by atoms with Crippen LogP contribution in [0.1, 0.15) is 15.9 Å². The van der Waals surface area contributed by atoms with E-state index >= 15 is 0 Å². The van der Waals surface area contributed by atoms with E-state index in [4.69, 9.17) is 27.7 Å². The van der Waals surface area contributed by atoms with Crippen LogP contribution in [0.2, 0.25) is 5.02 Å². The molecule has 1 heterocycles. The smallest absolute Gasteiger partial charge is 0.262 e. The van der Waals surface area contributed by atoms with Crippen LogP contribution < -0.4 is 11.0 Å². The third-order valence-electron chi connectivity index (χ3n) is 3.70. The Hall–Kier alpha value is -2.45. The fraction of sp³-hybridized carbons (Fsp3) is 0.0625. The molecule has 3 aromatic rings. The zero-order valence-corrected chi connectivity index (χ0v) is 13.0. The fourth-order valence-corrected chi connectivity index (χ4v) is 2.78. The van der Waals surface area contributed by atoms with Crippen LogP contribution in [0.15, 0.2) is 42.6 Å². The Morgan fingerprint density at radius 3 is 2.71 bits per heavy atom. The Balaban J connectivity index is 2.16. The van der Waals surface area contributed by atoms with Crippen LogP contribution in [0, 0.1) is 5.82 Å². The quantitative estimate of drug-likeness (QED) is 0.632. The molecule has 0 amide bonds. The van der Waals surface area contributed by atoms with Gasteiger partial charge in [0.05, 0.1) is 10.5 Å². The lowest BCUT2D eigenvalue weighted by atomic mass is 10.1. The summed E-state index contributed by atoms with van der Waals surface area (Å²) in [7, 11) is 0. The molecule has 0 saturated heterocycles. The van der Waals surface area contributed by atoms with Gasteiger partial charge in [0.1, 0.15) is 11.5 Å². The summed E-state index contributed by atoms with van der Waals surface area (Å²) in [5.41, 5.74) is 6.51. The fourth-order valence-electron chi connectivity index (χ4n) is 2.58. The lowest BCUT2D eigenvalue weighted by Gasteiger charge is -2.12. The first-order valence-corrected chi connectivity index (χ1v) is 7.32. The number of rotatable bonds is 3. The molecule has 0 spiro atoms. The second-order valence-electron chi connectivity index (χ2n) is 5.12. The highest BCUT2D eigenvalue weighted by atomic mass is 35.5. The van der Waals surface area contributed by atoms with Gasteiger partial charge in [0.15, 0.2) is 0 Å². The number of anilines is 1. The molecule has 0 aliphatic carbocycles. The van der Waals surface area contributed by atoms with Crippen molar-refractivity contribution < 1.29 is 19.6 Å². The van der Waals surface area contributed by atoms with E-state index in [1.165, 1.54) is 41.1 Å². The Kier molecular flexibility index (Phi) is 4.25. The van der Waals surface area contributed by atoms with E-state index < -0.39 is 11.7 Å². The Morgan fingerprint density at radius 1 is 1.29 bits per heavy atom. The van der Waals surface area contributed by atoms with Crippen LogP contribution in [0.25, 0.3) is 10.9 Å². The van der Waals surface area contributed by atoms with E-state index in [0.29, 0.717) is 11.1 Å². The van der Waals surface area contributed by atoms with Gasteiger partial charge in [-0.25, -0.2) is 4.39 Å². The molecule has 0 bridgehead atoms. The van der Waals surface area contributed by atoms with Crippen molar-refractivity contribution >= 4 is 34.1 Å². The minimum Gasteiger partial charge on any atom is -0.326 e. The van der Waals surface area contributed by atoms with E-state index in [0.717, 1.165) is 0 Å². The first kappa shape index (κ1) is 16.4. The molecule has 8 heteroatoms. The molecule has 4 N–H and O–H groups in total. The first-order valence-electron chi connectivity index (χ1n) is 6.94. The number of aromatic nitrogens is 1. The van der Waals surface area contributed by atoms with Crippen molar-refractivity contribution in [2.45, 2.75) is 6.54 Å². The molecule has 0 atom stereocenters. The average molecular weight is 350 g/mol. The summed E-state index contributed by atoms with van der Waals surface area (Å²) in [5, 5.41) is 18.5. The molecule has 0 saturated carbocycles. The number of carbonyl (C=O) groups excluding carboxylic acids is 1. The number of carbonyl (C=O) groups is 1. The maximum atomic E-state index is 14.1. The minimum absolute atomic E-state index is 0.0580. The highest BCUT2D eigenvalue weighted by Crippen LogP contribution is 2.28. The number of nitrogens with zero attached hydrogens (tertiary/aromatic N) is 2. The maximum Gasteiger partial charge on any atom is 0.262 e. The molecule has 2 aromatic carbocycles. The molecule has 1 aromatic heterocycles. The van der Waals surface area contributed by atoms with E-state index in [2.05, 4.69) is 0 Å². The molecular weight excluding hydrogens is 337 g/mol. The van der Waals surface area contributed by atoms with Crippen molar-refractivity contribution in [2.24, 2.45) is 5.73 Å². The minimum atomic E-state index is -0.481. The van der Waals surface area contributed by atoms with Crippen LogP contribution in [0.5, 0.6) is 0 Å². The summed E-state index contributed by atoms with van der Waals surface area (Å²) in [5.74, 6) is -0.946. The predicted octanol–water partition coefficient (Wildman–Crippen LogP) is 3.17. The van der Waals surface area contributed by atoms with Gasteiger partial charge in [-0.1, -0.05) is 17.7 Å². The Bertz CT molecular complexity index is 940. The predicted molar refractivity (Wildman–Crippen MR) is 87.0 cm³/mol. The lowest BCUT2D eigenvalue weighted by molar-refractivity contribution is 0.0292. The van der Waals surface area contributed by atoms with Gasteiger partial charge in [-0.2, -0.15) is 0 Å². The van der Waals surface area contributed by atoms with Gasteiger partial charge in [0.2, 0.25) is 0 Å². The molecule has 0 unspecified atom stereocenters. The largest absolute Gasteiger partial charge is 0.326 e. The monoisotopic (exact) mass is 349 g/mol. The highest BCUT2D eigenvalue weighted by molar-refractivity contribution is 6.33. The molecule has 124 valence electrons. The highest BCUT2D eigenvalue weighted by Gasteiger charge is 2.18. The average Bonchev–Trinajstić information content (AvgIpc) is 2.94. The van der Waals surface area contributed by atoms with Gasteiger partial charge < -0.3 is 5.73 Å². The second kappa shape index (κ2) is 6.21. The first-order chi connectivity index (χ1) is 11.4. The summed E-state index contributed by atoms with van der Waals surface area (Å²) in [6.45, 7) is 0.0740. The number of nitrogens with two attached hydrogens (primary N) is 1. The van der Waals surface area contributed by atoms with Gasteiger partial charge in [-0.05, 0) is 35.9 Å². The SMILES string of the molecule is NCc1cn(C(=O)c2ccc(Cl)c(N(O)O)c2)c2cccc(F)c12. The van der Waals surface area contributed by atoms with E-state index in [1.54, 1.807) is 6.07 Å². The number of fused-ring (bicyclic) bond motifs is 1. The summed E-state index contributed by atoms with van der Waals surface area (Å²) in [6, 6.07) is 8.42. The maximum absolute atomic E-state index is 14.1. The zero-order valence-electron chi connectivity index (χ0n) is 12.3. The van der Waals surface area contributed by atoms with E-state index in [-0.39, 0.29) is 33.4 Å². The van der Waals surface area contributed by atoms with Crippen LogP contribution in [-0.2, 0) is 6.54 Å². The van der Waals surface area contributed by atoms with Crippen molar-refractivity contribution in [3.8, 4) is 0 Å². The number of hydrogen-bond acceptors (Lipinski definition) is 5. The van der Waals surface area contributed by atoms with Crippen molar-refractivity contribution in [3.63, 3.8) is 0 Å². The molecule has 0 aliphatic heterocycles. The van der Waals surface area contributed by atoms with Crippen LogP contribution in [0.3, 0.4) is 0 Å². The molecule has 0 radical (unpaired) electrons. The van der Waals surface area contributed by atoms with Crippen LogP contribution in [-0.4, -0.2) is 20.9 Å². The summed E-state index contributed by atoms with van der Waals surface area (Å²) in [6.07, 6.45) is 1.47. The van der Waals surface area contributed by atoms with Crippen molar-refractivity contribution in [2.75, 3.05) is 5.23 Å². The summed E-state index contributed by atoms with van der Waals surface area (Å²) < 4.78 is 15.3. The molecular formula is C16H13ClFN3O3. The standard InChI is InChI=1S/C16H13ClFN3O3/c17-11-5-4-9(6-14(11)21(23)24)16(22)20-8-10(7-19)15-12(18)2-1-3-13(15)20/h1-6,8,23-24H,7,19H2. The van der Waals surface area contributed by atoms with Crippen molar-refractivity contribution in [3.05, 3.63) is 64.6 Å². The zero-order chi connectivity index (χ0) is 17.4. The molecule has 24 heavy (non-hydrogen) atoms. The summed E-state index contributed by atoms with van der Waals surface area (Å²) in [4.78, 5) is 12.8. The van der Waals surface area contributed by atoms with Gasteiger partial charge in [-0.15, -0.1) is 5.23 Å². The Morgan fingerprint density at radius 2 is 2.04 bits per heavy atom. The molecule has 0 aliphatic rings. The third kappa shape index (κ3) is 2.63. The topological polar surface area (TPSA) is 91.7 Å². The van der Waals surface area contributed by atoms with Crippen LogP contribution >= 0.6 is 11.6 Å². The van der Waals surface area contributed by atoms with Gasteiger partial charge >= 0.3 is 0 Å². The summed E-state index contributed by atoms with van der Waals surface area (Å²) >= 11 is 5.84. The van der Waals surface area contributed by atoms with Gasteiger partial charge in [0.25, 0.3) is 5.91 Å². The third-order valence-corrected chi connectivity index (χ3v) is 4.02. The van der Waals surface area contributed by atoms with Crippen molar-refractivity contribution in [1.82, 2.24) is 4.57 Å². The Labute approximate surface area is 141 Å². The molecule has 6 nitrogen and oxygen atoms in total. The molecule has 0 fully saturated rings. The van der Waals surface area contributed by atoms with E-state index in [1.807, 2.05) is 0 Å². The number of benzene rings is 2. The van der Waals surface area contributed by atoms with Gasteiger partial charge in [0, 0.05) is 23.7 Å². The van der Waals surface area contributed by atoms with Crippen molar-refractivity contribution in [1.29, 1.82) is 0 Å². The molecule has 3 rings (SSSR count). The number of hydrogen-bond donors (Lipinski definition) is 3. The van der Waals surface area contributed by atoms with Crippen LogP contribution in [0.4, 0.5) is 10.1 Å². The number of halogens is 2. The van der Waals surface area contributed by atoms with Gasteiger partial charge in [-0.3, -0.25) is 19.8 Å².